The van der Waals surface area contributed by atoms with E-state index < -0.39 is 17.7 Å². The molecule has 1 aromatic heterocycles. The molecule has 1 aliphatic heterocycles. The van der Waals surface area contributed by atoms with Crippen LogP contribution >= 0.6 is 0 Å². The van der Waals surface area contributed by atoms with Gasteiger partial charge in [-0.2, -0.15) is 0 Å². The molecule has 0 aliphatic carbocycles. The number of aliphatic hydroxyl groups excluding tert-OH is 1. The van der Waals surface area contributed by atoms with E-state index in [4.69, 9.17) is 18.6 Å². The predicted octanol–water partition coefficient (Wildman–Crippen LogP) is 5.50. The maximum atomic E-state index is 13.4. The molecule has 3 aromatic carbocycles. The molecule has 8 heteroatoms. The third kappa shape index (κ3) is 5.22. The number of carbonyl (C=O) groups is 2. The molecule has 8 nitrogen and oxygen atoms in total. The van der Waals surface area contributed by atoms with Crippen LogP contribution in [0.5, 0.6) is 17.2 Å². The van der Waals surface area contributed by atoms with Gasteiger partial charge in [-0.25, -0.2) is 0 Å². The average molecular weight is 526 g/mol. The molecule has 1 N–H and O–H groups in total. The number of hydrogen-bond acceptors (Lipinski definition) is 7. The second-order valence-electron chi connectivity index (χ2n) is 8.92. The Balaban J connectivity index is 1.57. The second-order valence-corrected chi connectivity index (χ2v) is 8.92. The van der Waals surface area contributed by atoms with Crippen molar-refractivity contribution in [2.24, 2.45) is 0 Å². The molecule has 1 aliphatic rings. The van der Waals surface area contributed by atoms with E-state index in [1.165, 1.54) is 25.4 Å². The van der Waals surface area contributed by atoms with Crippen molar-refractivity contribution < 1.29 is 33.3 Å². The molecule has 39 heavy (non-hydrogen) atoms. The molecule has 0 spiro atoms. The van der Waals surface area contributed by atoms with Crippen LogP contribution in [0.1, 0.15) is 28.5 Å². The van der Waals surface area contributed by atoms with E-state index in [1.807, 2.05) is 30.3 Å². The van der Waals surface area contributed by atoms with Crippen molar-refractivity contribution in [2.45, 2.75) is 19.2 Å². The predicted molar refractivity (Wildman–Crippen MR) is 143 cm³/mol. The normalized spacial score (nSPS) is 16.4. The summed E-state index contributed by atoms with van der Waals surface area (Å²) in [4.78, 5) is 28.0. The van der Waals surface area contributed by atoms with Crippen LogP contribution in [0.2, 0.25) is 0 Å². The molecule has 5 rings (SSSR count). The van der Waals surface area contributed by atoms with E-state index in [2.05, 4.69) is 0 Å². The summed E-state index contributed by atoms with van der Waals surface area (Å²) in [6.45, 7) is 0.370. The zero-order valence-corrected chi connectivity index (χ0v) is 21.5. The van der Waals surface area contributed by atoms with Crippen LogP contribution in [0.25, 0.3) is 5.76 Å². The van der Waals surface area contributed by atoms with Gasteiger partial charge in [0.05, 0.1) is 38.6 Å². The van der Waals surface area contributed by atoms with Crippen LogP contribution < -0.4 is 14.2 Å². The number of hydrogen-bond donors (Lipinski definition) is 1. The van der Waals surface area contributed by atoms with Crippen molar-refractivity contribution >= 4 is 17.4 Å². The molecular weight excluding hydrogens is 498 g/mol. The van der Waals surface area contributed by atoms with Gasteiger partial charge in [-0.15, -0.1) is 0 Å². The van der Waals surface area contributed by atoms with Crippen LogP contribution in [0.3, 0.4) is 0 Å². The summed E-state index contributed by atoms with van der Waals surface area (Å²) >= 11 is 0. The summed E-state index contributed by atoms with van der Waals surface area (Å²) in [7, 11) is 3.03. The Morgan fingerprint density at radius 3 is 2.44 bits per heavy atom. The Bertz CT molecular complexity index is 1510. The average Bonchev–Trinajstić information content (AvgIpc) is 3.58. The van der Waals surface area contributed by atoms with Crippen molar-refractivity contribution in [3.8, 4) is 17.2 Å². The Labute approximate surface area is 225 Å². The zero-order valence-electron chi connectivity index (χ0n) is 21.5. The van der Waals surface area contributed by atoms with E-state index in [0.29, 0.717) is 40.7 Å². The monoisotopic (exact) mass is 525 g/mol. The van der Waals surface area contributed by atoms with Gasteiger partial charge in [0.15, 0.2) is 11.5 Å². The molecule has 4 aromatic rings. The number of benzene rings is 3. The highest BCUT2D eigenvalue weighted by atomic mass is 16.5. The van der Waals surface area contributed by atoms with Gasteiger partial charge in [0, 0.05) is 5.56 Å². The summed E-state index contributed by atoms with van der Waals surface area (Å²) in [6.07, 6.45) is 1.50. The summed E-state index contributed by atoms with van der Waals surface area (Å²) in [5, 5.41) is 11.3. The summed E-state index contributed by atoms with van der Waals surface area (Å²) in [5.41, 5.74) is 1.87. The fourth-order valence-corrected chi connectivity index (χ4v) is 4.59. The highest BCUT2D eigenvalue weighted by Crippen LogP contribution is 2.43. The van der Waals surface area contributed by atoms with Crippen molar-refractivity contribution in [3.63, 3.8) is 0 Å². The molecular formula is C31H27NO7. The third-order valence-electron chi connectivity index (χ3n) is 6.53. The number of ether oxygens (including phenoxy) is 3. The van der Waals surface area contributed by atoms with Crippen LogP contribution in [-0.4, -0.2) is 35.9 Å². The van der Waals surface area contributed by atoms with E-state index in [9.17, 15) is 14.7 Å². The number of carbonyl (C=O) groups excluding carboxylic acids is 2. The van der Waals surface area contributed by atoms with Gasteiger partial charge in [-0.3, -0.25) is 9.59 Å². The molecule has 2 heterocycles. The Kier molecular flexibility index (Phi) is 7.36. The maximum Gasteiger partial charge on any atom is 0.296 e. The minimum absolute atomic E-state index is 0.0334. The molecule has 1 saturated heterocycles. The van der Waals surface area contributed by atoms with Crippen molar-refractivity contribution in [1.29, 1.82) is 0 Å². The number of nitrogens with zero attached hydrogens (tertiary/aromatic N) is 1. The smallest absolute Gasteiger partial charge is 0.296 e. The Morgan fingerprint density at radius 2 is 1.72 bits per heavy atom. The first kappa shape index (κ1) is 25.7. The largest absolute Gasteiger partial charge is 0.507 e. The summed E-state index contributed by atoms with van der Waals surface area (Å²) < 4.78 is 22.3. The van der Waals surface area contributed by atoms with Gasteiger partial charge < -0.3 is 28.6 Å². The van der Waals surface area contributed by atoms with E-state index >= 15 is 0 Å². The standard InChI is InChI=1S/C31H27NO7/c1-36-23-11-6-10-22(16-23)29(33)27-28(32(31(35)30(27)34)18-24-12-7-15-38-24)21-13-14-25(26(17-21)37-2)39-19-20-8-4-3-5-9-20/h3-17,28,33H,18-19H2,1-2H3/b29-27+. The van der Waals surface area contributed by atoms with Gasteiger partial charge in [0.2, 0.25) is 0 Å². The zero-order chi connectivity index (χ0) is 27.4. The fourth-order valence-electron chi connectivity index (χ4n) is 4.59. The van der Waals surface area contributed by atoms with Crippen LogP contribution in [0.15, 0.2) is 101 Å². The third-order valence-corrected chi connectivity index (χ3v) is 6.53. The molecule has 1 unspecified atom stereocenters. The maximum absolute atomic E-state index is 13.4. The Morgan fingerprint density at radius 1 is 0.897 bits per heavy atom. The Hall–Kier alpha value is -4.98. The van der Waals surface area contributed by atoms with Gasteiger partial charge in [-0.05, 0) is 47.5 Å². The molecule has 1 fully saturated rings. The SMILES string of the molecule is COc1cccc(/C(O)=C2\C(=O)C(=O)N(Cc3ccco3)C2c2ccc(OCc3ccccc3)c(OC)c2)c1. The minimum Gasteiger partial charge on any atom is -0.507 e. The van der Waals surface area contributed by atoms with E-state index in [0.717, 1.165) is 5.56 Å². The van der Waals surface area contributed by atoms with Gasteiger partial charge in [-0.1, -0.05) is 48.5 Å². The van der Waals surface area contributed by atoms with Crippen molar-refractivity contribution in [2.75, 3.05) is 14.2 Å². The van der Waals surface area contributed by atoms with Crippen LogP contribution in [0.4, 0.5) is 0 Å². The number of amides is 1. The molecule has 198 valence electrons. The highest BCUT2D eigenvalue weighted by Gasteiger charge is 2.46. The first-order valence-corrected chi connectivity index (χ1v) is 12.3. The minimum atomic E-state index is -0.904. The van der Waals surface area contributed by atoms with Gasteiger partial charge >= 0.3 is 0 Å². The van der Waals surface area contributed by atoms with Gasteiger partial charge in [0.25, 0.3) is 11.7 Å². The van der Waals surface area contributed by atoms with E-state index in [1.54, 1.807) is 54.6 Å². The van der Waals surface area contributed by atoms with Crippen molar-refractivity contribution in [1.82, 2.24) is 4.90 Å². The number of methoxy groups -OCH3 is 2. The molecule has 0 radical (unpaired) electrons. The lowest BCUT2D eigenvalue weighted by Crippen LogP contribution is -2.29. The summed E-state index contributed by atoms with van der Waals surface area (Å²) in [6, 6.07) is 24.1. The summed E-state index contributed by atoms with van der Waals surface area (Å²) in [5.74, 6) is 0.0800. The van der Waals surface area contributed by atoms with Crippen LogP contribution in [0, 0.1) is 0 Å². The van der Waals surface area contributed by atoms with Crippen molar-refractivity contribution in [3.05, 3.63) is 119 Å². The molecule has 1 atom stereocenters. The first-order valence-electron chi connectivity index (χ1n) is 12.3. The lowest BCUT2D eigenvalue weighted by atomic mass is 9.95. The quantitative estimate of drug-likeness (QED) is 0.175. The first-order chi connectivity index (χ1) is 19.0. The number of Topliss-reactive ketones (excluding diaryl/α,β-unsaturated/α-hetero) is 1. The molecule has 0 bridgehead atoms. The lowest BCUT2D eigenvalue weighted by Gasteiger charge is -2.25. The number of likely N-dealkylation sites (tertiary alicyclic amines) is 1. The number of rotatable bonds is 9. The lowest BCUT2D eigenvalue weighted by molar-refractivity contribution is -0.140. The van der Waals surface area contributed by atoms with Crippen LogP contribution in [-0.2, 0) is 22.7 Å². The molecule has 0 saturated carbocycles. The van der Waals surface area contributed by atoms with Gasteiger partial charge in [0.1, 0.15) is 23.9 Å². The number of furan rings is 1. The molecule has 1 amide bonds. The number of aliphatic hydroxyl groups is 1. The fraction of sp³-hybridized carbons (Fsp3) is 0.161. The second kappa shape index (κ2) is 11.2. The topological polar surface area (TPSA) is 98.4 Å². The highest BCUT2D eigenvalue weighted by molar-refractivity contribution is 6.46. The van der Waals surface area contributed by atoms with E-state index in [-0.39, 0.29) is 17.9 Å². The number of ketones is 1.